The van der Waals surface area contributed by atoms with Gasteiger partial charge in [-0.1, -0.05) is 56.7 Å². The SMILES string of the molecule is CC(C)=CCc1cccc(CC(C)(C)C)c1. The average Bonchev–Trinajstić information content (AvgIpc) is 2.12. The second kappa shape index (κ2) is 5.34. The Bertz CT molecular complexity index is 360. The maximum Gasteiger partial charge on any atom is -0.00949 e. The third-order valence-electron chi connectivity index (χ3n) is 2.47. The van der Waals surface area contributed by atoms with E-state index in [4.69, 9.17) is 0 Å². The van der Waals surface area contributed by atoms with Crippen molar-refractivity contribution in [1.82, 2.24) is 0 Å². The Morgan fingerprint density at radius 2 is 1.75 bits per heavy atom. The summed E-state index contributed by atoms with van der Waals surface area (Å²) in [5.41, 5.74) is 4.63. The Labute approximate surface area is 100 Å². The molecule has 1 aromatic carbocycles. The number of allylic oxidation sites excluding steroid dienone is 2. The Morgan fingerprint density at radius 3 is 2.31 bits per heavy atom. The molecule has 0 N–H and O–H groups in total. The van der Waals surface area contributed by atoms with Crippen molar-refractivity contribution >= 4 is 0 Å². The van der Waals surface area contributed by atoms with Crippen molar-refractivity contribution in [2.45, 2.75) is 47.5 Å². The fraction of sp³-hybridized carbons (Fsp3) is 0.500. The molecule has 16 heavy (non-hydrogen) atoms. The number of benzene rings is 1. The first-order chi connectivity index (χ1) is 7.37. The topological polar surface area (TPSA) is 0 Å². The molecule has 0 saturated heterocycles. The van der Waals surface area contributed by atoms with Crippen molar-refractivity contribution in [1.29, 1.82) is 0 Å². The van der Waals surface area contributed by atoms with Crippen LogP contribution in [0.5, 0.6) is 0 Å². The van der Waals surface area contributed by atoms with Gasteiger partial charge in [-0.05, 0) is 43.2 Å². The molecule has 0 spiro atoms. The molecular weight excluding hydrogens is 192 g/mol. The number of rotatable bonds is 3. The zero-order valence-electron chi connectivity index (χ0n) is 11.3. The molecule has 0 heteroatoms. The van der Waals surface area contributed by atoms with E-state index in [-0.39, 0.29) is 0 Å². The maximum atomic E-state index is 2.34. The van der Waals surface area contributed by atoms with Gasteiger partial charge in [-0.15, -0.1) is 0 Å². The highest BCUT2D eigenvalue weighted by Crippen LogP contribution is 2.21. The smallest absolute Gasteiger partial charge is 0.00949 e. The van der Waals surface area contributed by atoms with Gasteiger partial charge in [-0.25, -0.2) is 0 Å². The summed E-state index contributed by atoms with van der Waals surface area (Å²) in [5, 5.41) is 0. The maximum absolute atomic E-state index is 2.34. The van der Waals surface area contributed by atoms with Crippen LogP contribution in [-0.4, -0.2) is 0 Å². The minimum atomic E-state index is 0.370. The first kappa shape index (κ1) is 13.0. The van der Waals surface area contributed by atoms with Gasteiger partial charge in [0.25, 0.3) is 0 Å². The predicted molar refractivity (Wildman–Crippen MR) is 72.7 cm³/mol. The molecule has 0 fully saturated rings. The summed E-state index contributed by atoms with van der Waals surface area (Å²) in [5.74, 6) is 0. The van der Waals surface area contributed by atoms with Crippen LogP contribution in [0.1, 0.15) is 45.7 Å². The molecule has 0 aliphatic carbocycles. The van der Waals surface area contributed by atoms with Crippen molar-refractivity contribution in [2.24, 2.45) is 5.41 Å². The molecule has 0 unspecified atom stereocenters. The van der Waals surface area contributed by atoms with Crippen molar-refractivity contribution < 1.29 is 0 Å². The standard InChI is InChI=1S/C16H24/c1-13(2)9-10-14-7-6-8-15(11-14)12-16(3,4)5/h6-9,11H,10,12H2,1-5H3. The lowest BCUT2D eigenvalue weighted by atomic mass is 9.87. The predicted octanol–water partition coefficient (Wildman–Crippen LogP) is 4.78. The van der Waals surface area contributed by atoms with Gasteiger partial charge in [0.1, 0.15) is 0 Å². The monoisotopic (exact) mass is 216 g/mol. The third-order valence-corrected chi connectivity index (χ3v) is 2.47. The van der Waals surface area contributed by atoms with E-state index >= 15 is 0 Å². The molecule has 0 amide bonds. The van der Waals surface area contributed by atoms with Crippen molar-refractivity contribution in [3.8, 4) is 0 Å². The third kappa shape index (κ3) is 5.16. The van der Waals surface area contributed by atoms with Crippen LogP contribution < -0.4 is 0 Å². The highest BCUT2D eigenvalue weighted by atomic mass is 14.2. The van der Waals surface area contributed by atoms with E-state index in [9.17, 15) is 0 Å². The van der Waals surface area contributed by atoms with E-state index < -0.39 is 0 Å². The van der Waals surface area contributed by atoms with Gasteiger partial charge >= 0.3 is 0 Å². The highest BCUT2D eigenvalue weighted by molar-refractivity contribution is 5.26. The van der Waals surface area contributed by atoms with E-state index in [1.165, 1.54) is 16.7 Å². The summed E-state index contributed by atoms with van der Waals surface area (Å²) in [6, 6.07) is 8.96. The van der Waals surface area contributed by atoms with E-state index in [1.807, 2.05) is 0 Å². The average molecular weight is 216 g/mol. The summed E-state index contributed by atoms with van der Waals surface area (Å²) in [6.07, 6.45) is 4.49. The van der Waals surface area contributed by atoms with Gasteiger partial charge in [0.05, 0.1) is 0 Å². The lowest BCUT2D eigenvalue weighted by Gasteiger charge is -2.18. The van der Waals surface area contributed by atoms with E-state index in [0.29, 0.717) is 5.41 Å². The quantitative estimate of drug-likeness (QED) is 0.638. The van der Waals surface area contributed by atoms with Gasteiger partial charge < -0.3 is 0 Å². The largest absolute Gasteiger partial charge is 0.0815 e. The first-order valence-corrected chi connectivity index (χ1v) is 6.08. The van der Waals surface area contributed by atoms with E-state index in [1.54, 1.807) is 0 Å². The van der Waals surface area contributed by atoms with Gasteiger partial charge in [-0.3, -0.25) is 0 Å². The molecule has 0 heterocycles. The summed E-state index contributed by atoms with van der Waals surface area (Å²) >= 11 is 0. The van der Waals surface area contributed by atoms with Crippen LogP contribution in [-0.2, 0) is 12.8 Å². The van der Waals surface area contributed by atoms with Crippen LogP contribution in [0.15, 0.2) is 35.9 Å². The van der Waals surface area contributed by atoms with Crippen LogP contribution in [0.25, 0.3) is 0 Å². The summed E-state index contributed by atoms with van der Waals surface area (Å²) < 4.78 is 0. The highest BCUT2D eigenvalue weighted by Gasteiger charge is 2.10. The van der Waals surface area contributed by atoms with Crippen molar-refractivity contribution in [2.75, 3.05) is 0 Å². The zero-order chi connectivity index (χ0) is 12.2. The summed E-state index contributed by atoms with van der Waals surface area (Å²) in [6.45, 7) is 11.2. The molecule has 0 aliphatic heterocycles. The molecule has 1 rings (SSSR count). The lowest BCUT2D eigenvalue weighted by Crippen LogP contribution is -2.09. The van der Waals surface area contributed by atoms with E-state index in [2.05, 4.69) is 65.0 Å². The van der Waals surface area contributed by atoms with Crippen LogP contribution in [0.3, 0.4) is 0 Å². The van der Waals surface area contributed by atoms with E-state index in [0.717, 1.165) is 12.8 Å². The molecule has 0 nitrogen and oxygen atoms in total. The van der Waals surface area contributed by atoms with Gasteiger partial charge in [0, 0.05) is 0 Å². The molecule has 0 bridgehead atoms. The number of hydrogen-bond acceptors (Lipinski definition) is 0. The van der Waals surface area contributed by atoms with Crippen LogP contribution in [0, 0.1) is 5.41 Å². The molecule has 0 saturated carbocycles. The molecule has 0 aliphatic rings. The van der Waals surface area contributed by atoms with Crippen molar-refractivity contribution in [3.63, 3.8) is 0 Å². The summed E-state index contributed by atoms with van der Waals surface area (Å²) in [7, 11) is 0. The second-order valence-corrected chi connectivity index (χ2v) is 6.04. The normalized spacial score (nSPS) is 11.3. The lowest BCUT2D eigenvalue weighted by molar-refractivity contribution is 0.411. The molecule has 0 atom stereocenters. The van der Waals surface area contributed by atoms with Crippen molar-refractivity contribution in [3.05, 3.63) is 47.0 Å². The Balaban J connectivity index is 2.75. The number of hydrogen-bond donors (Lipinski definition) is 0. The molecule has 0 aromatic heterocycles. The van der Waals surface area contributed by atoms with Gasteiger partial charge in [0.2, 0.25) is 0 Å². The Morgan fingerprint density at radius 1 is 1.12 bits per heavy atom. The van der Waals surface area contributed by atoms with Crippen LogP contribution in [0.4, 0.5) is 0 Å². The second-order valence-electron chi connectivity index (χ2n) is 6.04. The zero-order valence-corrected chi connectivity index (χ0v) is 11.3. The fourth-order valence-electron chi connectivity index (χ4n) is 1.80. The Kier molecular flexibility index (Phi) is 4.35. The molecule has 1 aromatic rings. The molecular formula is C16H24. The summed E-state index contributed by atoms with van der Waals surface area (Å²) in [4.78, 5) is 0. The first-order valence-electron chi connectivity index (χ1n) is 6.08. The van der Waals surface area contributed by atoms with Gasteiger partial charge in [0.15, 0.2) is 0 Å². The minimum Gasteiger partial charge on any atom is -0.0815 e. The molecule has 0 radical (unpaired) electrons. The minimum absolute atomic E-state index is 0.370. The van der Waals surface area contributed by atoms with Gasteiger partial charge in [-0.2, -0.15) is 0 Å². The Hall–Kier alpha value is -1.04. The van der Waals surface area contributed by atoms with Crippen LogP contribution >= 0.6 is 0 Å². The van der Waals surface area contributed by atoms with Crippen LogP contribution in [0.2, 0.25) is 0 Å². The fourth-order valence-corrected chi connectivity index (χ4v) is 1.80. The molecule has 88 valence electrons.